The molecule has 1 aromatic rings. The van der Waals surface area contributed by atoms with Crippen LogP contribution in [-0.2, 0) is 10.0 Å². The molecule has 0 bridgehead atoms. The van der Waals surface area contributed by atoms with Crippen LogP contribution in [0.4, 0.5) is 0 Å². The molecule has 6 nitrogen and oxygen atoms in total. The third-order valence-corrected chi connectivity index (χ3v) is 5.77. The van der Waals surface area contributed by atoms with Gasteiger partial charge in [-0.2, -0.15) is 0 Å². The standard InChI is InChI=1S/C11H17NO5S2/c1-3-11(4-2,7-13)12-19(16,17)8-5-6-18-9(8)10(14)15/h5-6,12-13H,3-4,7H2,1-2H3,(H,14,15). The Balaban J connectivity index is 3.18. The van der Waals surface area contributed by atoms with Gasteiger partial charge in [0.2, 0.25) is 10.0 Å². The lowest BCUT2D eigenvalue weighted by atomic mass is 9.96. The molecule has 0 aliphatic heterocycles. The molecule has 0 aliphatic rings. The average molecular weight is 307 g/mol. The molecule has 0 saturated heterocycles. The molecule has 0 spiro atoms. The van der Waals surface area contributed by atoms with Crippen molar-refractivity contribution in [3.63, 3.8) is 0 Å². The van der Waals surface area contributed by atoms with Gasteiger partial charge in [-0.25, -0.2) is 17.9 Å². The predicted octanol–water partition coefficient (Wildman–Crippen LogP) is 1.28. The molecule has 1 heterocycles. The Bertz CT molecular complexity index is 537. The van der Waals surface area contributed by atoms with Gasteiger partial charge in [-0.05, 0) is 24.3 Å². The van der Waals surface area contributed by atoms with Gasteiger partial charge in [0.15, 0.2) is 0 Å². The number of carboxylic acid groups (broad SMARTS) is 1. The van der Waals surface area contributed by atoms with E-state index >= 15 is 0 Å². The number of sulfonamides is 1. The van der Waals surface area contributed by atoms with Gasteiger partial charge in [0.05, 0.1) is 12.1 Å². The molecule has 0 aromatic carbocycles. The molecule has 1 aromatic heterocycles. The largest absolute Gasteiger partial charge is 0.477 e. The van der Waals surface area contributed by atoms with Crippen molar-refractivity contribution in [3.05, 3.63) is 16.3 Å². The number of aliphatic hydroxyl groups is 1. The minimum Gasteiger partial charge on any atom is -0.477 e. The summed E-state index contributed by atoms with van der Waals surface area (Å²) < 4.78 is 26.9. The molecule has 0 atom stereocenters. The van der Waals surface area contributed by atoms with Gasteiger partial charge in [-0.15, -0.1) is 11.3 Å². The van der Waals surface area contributed by atoms with Crippen molar-refractivity contribution < 1.29 is 23.4 Å². The first-order valence-corrected chi connectivity index (χ1v) is 8.14. The molecule has 108 valence electrons. The highest BCUT2D eigenvalue weighted by Gasteiger charge is 2.33. The fourth-order valence-corrected chi connectivity index (χ4v) is 4.45. The van der Waals surface area contributed by atoms with Crippen LogP contribution >= 0.6 is 11.3 Å². The number of hydrogen-bond acceptors (Lipinski definition) is 5. The van der Waals surface area contributed by atoms with Crippen LogP contribution in [0.5, 0.6) is 0 Å². The normalized spacial score (nSPS) is 12.6. The summed E-state index contributed by atoms with van der Waals surface area (Å²) in [6.45, 7) is 3.17. The summed E-state index contributed by atoms with van der Waals surface area (Å²) in [5, 5.41) is 19.7. The molecule has 8 heteroatoms. The van der Waals surface area contributed by atoms with E-state index in [-0.39, 0.29) is 16.4 Å². The summed E-state index contributed by atoms with van der Waals surface area (Å²) in [5.74, 6) is -1.28. The fourth-order valence-electron chi connectivity index (χ4n) is 1.66. The van der Waals surface area contributed by atoms with E-state index in [2.05, 4.69) is 4.72 Å². The molecular formula is C11H17NO5S2. The van der Waals surface area contributed by atoms with Crippen LogP contribution in [0.1, 0.15) is 36.4 Å². The zero-order chi connectivity index (χ0) is 14.7. The van der Waals surface area contributed by atoms with Crippen molar-refractivity contribution in [1.82, 2.24) is 4.72 Å². The average Bonchev–Trinajstić information content (AvgIpc) is 2.86. The maximum atomic E-state index is 12.2. The van der Waals surface area contributed by atoms with E-state index in [1.165, 1.54) is 11.4 Å². The third-order valence-electron chi connectivity index (χ3n) is 3.12. The van der Waals surface area contributed by atoms with Crippen molar-refractivity contribution in [3.8, 4) is 0 Å². The first-order valence-electron chi connectivity index (χ1n) is 5.77. The monoisotopic (exact) mass is 307 g/mol. The van der Waals surface area contributed by atoms with Crippen molar-refractivity contribution in [2.45, 2.75) is 37.1 Å². The van der Waals surface area contributed by atoms with Crippen LogP contribution in [0.2, 0.25) is 0 Å². The molecule has 0 fully saturated rings. The Morgan fingerprint density at radius 2 is 2.00 bits per heavy atom. The molecule has 0 aliphatic carbocycles. The molecular weight excluding hydrogens is 290 g/mol. The maximum absolute atomic E-state index is 12.2. The van der Waals surface area contributed by atoms with Gasteiger partial charge in [0.1, 0.15) is 9.77 Å². The number of nitrogens with one attached hydrogen (secondary N) is 1. The number of rotatable bonds is 7. The summed E-state index contributed by atoms with van der Waals surface area (Å²) in [5.41, 5.74) is -0.962. The molecule has 0 radical (unpaired) electrons. The number of aromatic carboxylic acids is 1. The minimum absolute atomic E-state index is 0.230. The van der Waals surface area contributed by atoms with Crippen molar-refractivity contribution in [2.75, 3.05) is 6.61 Å². The topological polar surface area (TPSA) is 104 Å². The Labute approximate surface area is 116 Å². The summed E-state index contributed by atoms with van der Waals surface area (Å²) >= 11 is 0.852. The van der Waals surface area contributed by atoms with Crippen LogP contribution in [-0.4, -0.2) is 36.7 Å². The minimum atomic E-state index is -3.97. The van der Waals surface area contributed by atoms with Crippen LogP contribution in [0.3, 0.4) is 0 Å². The van der Waals surface area contributed by atoms with E-state index in [1.54, 1.807) is 13.8 Å². The van der Waals surface area contributed by atoms with Gasteiger partial charge in [0, 0.05) is 0 Å². The quantitative estimate of drug-likeness (QED) is 0.704. The Kier molecular flexibility index (Phi) is 5.08. The van der Waals surface area contributed by atoms with Gasteiger partial charge in [0.25, 0.3) is 0 Å². The van der Waals surface area contributed by atoms with E-state index in [4.69, 9.17) is 5.11 Å². The van der Waals surface area contributed by atoms with E-state index in [0.717, 1.165) is 11.3 Å². The lowest BCUT2D eigenvalue weighted by Gasteiger charge is -2.30. The maximum Gasteiger partial charge on any atom is 0.347 e. The van der Waals surface area contributed by atoms with Crippen LogP contribution < -0.4 is 4.72 Å². The third kappa shape index (κ3) is 3.33. The molecule has 0 saturated carbocycles. The SMILES string of the molecule is CCC(CC)(CO)NS(=O)(=O)c1ccsc1C(=O)O. The first-order chi connectivity index (χ1) is 8.82. The summed E-state index contributed by atoms with van der Waals surface area (Å²) in [6, 6.07) is 1.25. The van der Waals surface area contributed by atoms with Crippen molar-refractivity contribution in [2.24, 2.45) is 0 Å². The lowest BCUT2D eigenvalue weighted by Crippen LogP contribution is -2.50. The highest BCUT2D eigenvalue weighted by Crippen LogP contribution is 2.25. The van der Waals surface area contributed by atoms with Gasteiger partial charge in [-0.1, -0.05) is 13.8 Å². The molecule has 0 amide bonds. The van der Waals surface area contributed by atoms with Gasteiger partial charge in [-0.3, -0.25) is 0 Å². The lowest BCUT2D eigenvalue weighted by molar-refractivity contribution is 0.0698. The van der Waals surface area contributed by atoms with E-state index < -0.39 is 21.5 Å². The second-order valence-corrected chi connectivity index (χ2v) is 6.74. The highest BCUT2D eigenvalue weighted by molar-refractivity contribution is 7.89. The molecule has 1 rings (SSSR count). The number of carboxylic acids is 1. The van der Waals surface area contributed by atoms with Gasteiger partial charge >= 0.3 is 5.97 Å². The van der Waals surface area contributed by atoms with Crippen molar-refractivity contribution >= 4 is 27.3 Å². The fraction of sp³-hybridized carbons (Fsp3) is 0.545. The molecule has 19 heavy (non-hydrogen) atoms. The highest BCUT2D eigenvalue weighted by atomic mass is 32.2. The Morgan fingerprint density at radius 1 is 1.42 bits per heavy atom. The second kappa shape index (κ2) is 6.00. The van der Waals surface area contributed by atoms with Crippen LogP contribution in [0.25, 0.3) is 0 Å². The zero-order valence-corrected chi connectivity index (χ0v) is 12.3. The summed E-state index contributed by atoms with van der Waals surface area (Å²) in [6.07, 6.45) is 0.817. The predicted molar refractivity (Wildman–Crippen MR) is 72.0 cm³/mol. The summed E-state index contributed by atoms with van der Waals surface area (Å²) in [4.78, 5) is 10.5. The number of carbonyl (C=O) groups is 1. The van der Waals surface area contributed by atoms with Crippen LogP contribution in [0, 0.1) is 0 Å². The van der Waals surface area contributed by atoms with E-state index in [0.29, 0.717) is 12.8 Å². The second-order valence-electron chi connectivity index (χ2n) is 4.17. The van der Waals surface area contributed by atoms with E-state index in [9.17, 15) is 18.3 Å². The van der Waals surface area contributed by atoms with Crippen molar-refractivity contribution in [1.29, 1.82) is 0 Å². The zero-order valence-electron chi connectivity index (χ0n) is 10.7. The summed E-state index contributed by atoms with van der Waals surface area (Å²) in [7, 11) is -3.97. The smallest absolute Gasteiger partial charge is 0.347 e. The Hall–Kier alpha value is -0.960. The van der Waals surface area contributed by atoms with Gasteiger partial charge < -0.3 is 10.2 Å². The Morgan fingerprint density at radius 3 is 2.42 bits per heavy atom. The van der Waals surface area contributed by atoms with E-state index in [1.807, 2.05) is 0 Å². The number of aliphatic hydroxyl groups excluding tert-OH is 1. The van der Waals surface area contributed by atoms with Crippen LogP contribution in [0.15, 0.2) is 16.3 Å². The number of hydrogen-bond donors (Lipinski definition) is 3. The first kappa shape index (κ1) is 16.1. The molecule has 3 N–H and O–H groups in total. The number of thiophene rings is 1. The molecule has 0 unspecified atom stereocenters.